The Labute approximate surface area is 193 Å². The number of primary amides is 1. The normalized spacial score (nSPS) is 18.7. The van der Waals surface area contributed by atoms with Crippen LogP contribution in [-0.2, 0) is 15.1 Å². The van der Waals surface area contributed by atoms with Crippen molar-refractivity contribution in [3.8, 4) is 0 Å². The fourth-order valence-corrected chi connectivity index (χ4v) is 5.01. The molecule has 1 aliphatic heterocycles. The highest BCUT2D eigenvalue weighted by Gasteiger charge is 2.50. The summed E-state index contributed by atoms with van der Waals surface area (Å²) >= 11 is 0. The number of aromatic amines is 1. The standard InChI is InChI=1S/C26H30N4O3/c1-17(2)26(25(27)33,19-11-4-3-5-12-19)30-15-9-8-14-21(24(30)32)29-23(31)22-16-18-10-6-7-13-20(18)28-22/h3-7,10-13,16-17,21,28H,8-9,14-15H2,1-2H3,(H2,27,33)(H,29,31)/t21-,26?/m0/s1. The second-order valence-corrected chi connectivity index (χ2v) is 8.93. The molecule has 4 N–H and O–H groups in total. The van der Waals surface area contributed by atoms with Crippen molar-refractivity contribution < 1.29 is 14.4 Å². The minimum Gasteiger partial charge on any atom is -0.367 e. The molecular formula is C26H30N4O3. The zero-order valence-corrected chi connectivity index (χ0v) is 19.0. The number of nitrogens with zero attached hydrogens (tertiary/aromatic N) is 1. The molecule has 2 heterocycles. The lowest BCUT2D eigenvalue weighted by atomic mass is 9.77. The summed E-state index contributed by atoms with van der Waals surface area (Å²) in [5, 5.41) is 3.83. The molecule has 1 saturated heterocycles. The second-order valence-electron chi connectivity index (χ2n) is 8.93. The molecule has 0 spiro atoms. The minimum atomic E-state index is -1.30. The molecule has 2 atom stereocenters. The summed E-state index contributed by atoms with van der Waals surface area (Å²) in [6.45, 7) is 4.19. The highest BCUT2D eigenvalue weighted by Crippen LogP contribution is 2.38. The Hall–Kier alpha value is -3.61. The van der Waals surface area contributed by atoms with E-state index < -0.39 is 17.5 Å². The van der Waals surface area contributed by atoms with Gasteiger partial charge in [0.25, 0.3) is 5.91 Å². The quantitative estimate of drug-likeness (QED) is 0.540. The Morgan fingerprint density at radius 2 is 1.79 bits per heavy atom. The van der Waals surface area contributed by atoms with Crippen molar-refractivity contribution in [2.45, 2.75) is 44.7 Å². The third-order valence-electron chi connectivity index (χ3n) is 6.62. The predicted octanol–water partition coefficient (Wildman–Crippen LogP) is 3.32. The summed E-state index contributed by atoms with van der Waals surface area (Å²) in [5.74, 6) is -1.46. The number of benzene rings is 2. The van der Waals surface area contributed by atoms with Crippen LogP contribution in [0.3, 0.4) is 0 Å². The molecule has 33 heavy (non-hydrogen) atoms. The maximum absolute atomic E-state index is 13.8. The van der Waals surface area contributed by atoms with E-state index in [-0.39, 0.29) is 17.7 Å². The fraction of sp³-hybridized carbons (Fsp3) is 0.346. The first-order chi connectivity index (χ1) is 15.9. The van der Waals surface area contributed by atoms with Crippen molar-refractivity contribution >= 4 is 28.6 Å². The number of aromatic nitrogens is 1. The zero-order chi connectivity index (χ0) is 23.6. The van der Waals surface area contributed by atoms with Crippen LogP contribution in [0.2, 0.25) is 0 Å². The third-order valence-corrected chi connectivity index (χ3v) is 6.62. The summed E-state index contributed by atoms with van der Waals surface area (Å²) in [4.78, 5) is 44.5. The first-order valence-corrected chi connectivity index (χ1v) is 11.4. The van der Waals surface area contributed by atoms with E-state index in [2.05, 4.69) is 10.3 Å². The number of hydrogen-bond donors (Lipinski definition) is 3. The Morgan fingerprint density at radius 1 is 1.09 bits per heavy atom. The van der Waals surface area contributed by atoms with Crippen LogP contribution >= 0.6 is 0 Å². The van der Waals surface area contributed by atoms with E-state index in [0.29, 0.717) is 24.2 Å². The summed E-state index contributed by atoms with van der Waals surface area (Å²) in [6.07, 6.45) is 1.98. The fourth-order valence-electron chi connectivity index (χ4n) is 5.01. The van der Waals surface area contributed by atoms with Gasteiger partial charge in [0, 0.05) is 17.4 Å². The van der Waals surface area contributed by atoms with E-state index in [0.717, 1.165) is 23.7 Å². The molecule has 3 amide bonds. The maximum atomic E-state index is 13.8. The van der Waals surface area contributed by atoms with Crippen LogP contribution in [0, 0.1) is 5.92 Å². The lowest BCUT2D eigenvalue weighted by molar-refractivity contribution is -0.151. The summed E-state index contributed by atoms with van der Waals surface area (Å²) < 4.78 is 0. The van der Waals surface area contributed by atoms with Crippen molar-refractivity contribution in [3.63, 3.8) is 0 Å². The number of H-pyrrole nitrogens is 1. The lowest BCUT2D eigenvalue weighted by Crippen LogP contribution is -2.63. The maximum Gasteiger partial charge on any atom is 0.268 e. The third kappa shape index (κ3) is 3.99. The Kier molecular flexibility index (Phi) is 6.22. The monoisotopic (exact) mass is 446 g/mol. The van der Waals surface area contributed by atoms with Crippen LogP contribution in [0.5, 0.6) is 0 Å². The molecule has 0 bridgehead atoms. The lowest BCUT2D eigenvalue weighted by Gasteiger charge is -2.45. The highest BCUT2D eigenvalue weighted by atomic mass is 16.2. The molecule has 4 rings (SSSR count). The molecule has 1 fully saturated rings. The smallest absolute Gasteiger partial charge is 0.268 e. The van der Waals surface area contributed by atoms with Crippen LogP contribution in [0.1, 0.15) is 49.2 Å². The van der Waals surface area contributed by atoms with Gasteiger partial charge >= 0.3 is 0 Å². The van der Waals surface area contributed by atoms with Gasteiger partial charge < -0.3 is 20.9 Å². The van der Waals surface area contributed by atoms with Gasteiger partial charge in [-0.1, -0.05) is 62.4 Å². The molecule has 1 aliphatic rings. The van der Waals surface area contributed by atoms with E-state index in [1.807, 2.05) is 68.4 Å². The van der Waals surface area contributed by atoms with Crippen molar-refractivity contribution in [1.82, 2.24) is 15.2 Å². The van der Waals surface area contributed by atoms with Gasteiger partial charge in [0.1, 0.15) is 17.3 Å². The molecule has 0 radical (unpaired) electrons. The van der Waals surface area contributed by atoms with E-state index >= 15 is 0 Å². The molecular weight excluding hydrogens is 416 g/mol. The van der Waals surface area contributed by atoms with Crippen LogP contribution < -0.4 is 11.1 Å². The number of para-hydroxylation sites is 1. The van der Waals surface area contributed by atoms with Crippen molar-refractivity contribution in [3.05, 3.63) is 71.9 Å². The van der Waals surface area contributed by atoms with E-state index in [1.54, 1.807) is 11.0 Å². The molecule has 1 unspecified atom stereocenters. The number of nitrogens with one attached hydrogen (secondary N) is 2. The largest absolute Gasteiger partial charge is 0.367 e. The minimum absolute atomic E-state index is 0.260. The topological polar surface area (TPSA) is 108 Å². The number of fused-ring (bicyclic) bond motifs is 1. The molecule has 0 saturated carbocycles. The molecule has 1 aromatic heterocycles. The van der Waals surface area contributed by atoms with Gasteiger partial charge in [-0.05, 0) is 42.9 Å². The van der Waals surface area contributed by atoms with Crippen molar-refractivity contribution in [2.75, 3.05) is 6.54 Å². The van der Waals surface area contributed by atoms with E-state index in [4.69, 9.17) is 5.73 Å². The Morgan fingerprint density at radius 3 is 2.45 bits per heavy atom. The van der Waals surface area contributed by atoms with Gasteiger partial charge in [-0.3, -0.25) is 14.4 Å². The van der Waals surface area contributed by atoms with Gasteiger partial charge in [0.05, 0.1) is 0 Å². The predicted molar refractivity (Wildman–Crippen MR) is 127 cm³/mol. The van der Waals surface area contributed by atoms with Gasteiger partial charge in [-0.2, -0.15) is 0 Å². The number of rotatable bonds is 6. The molecule has 3 aromatic rings. The highest BCUT2D eigenvalue weighted by molar-refractivity contribution is 6.01. The average molecular weight is 447 g/mol. The number of carbonyl (C=O) groups excluding carboxylic acids is 3. The number of nitrogens with two attached hydrogens (primary N) is 1. The van der Waals surface area contributed by atoms with Crippen LogP contribution in [0.15, 0.2) is 60.7 Å². The van der Waals surface area contributed by atoms with Crippen LogP contribution in [0.4, 0.5) is 0 Å². The van der Waals surface area contributed by atoms with Crippen LogP contribution in [-0.4, -0.2) is 40.2 Å². The van der Waals surface area contributed by atoms with Crippen molar-refractivity contribution in [2.24, 2.45) is 11.7 Å². The molecule has 0 aliphatic carbocycles. The van der Waals surface area contributed by atoms with Gasteiger partial charge in [-0.15, -0.1) is 0 Å². The van der Waals surface area contributed by atoms with E-state index in [1.165, 1.54) is 0 Å². The average Bonchev–Trinajstić information content (AvgIpc) is 3.16. The Balaban J connectivity index is 1.67. The Bertz CT molecular complexity index is 1140. The summed E-state index contributed by atoms with van der Waals surface area (Å²) in [5.41, 5.74) is 6.64. The SMILES string of the molecule is CC(C)C(C(N)=O)(c1ccccc1)N1CCCC[C@H](NC(=O)c2cc3ccccc3[nH]2)C1=O. The number of hydrogen-bond acceptors (Lipinski definition) is 3. The molecule has 7 heteroatoms. The van der Waals surface area contributed by atoms with Crippen molar-refractivity contribution in [1.29, 1.82) is 0 Å². The van der Waals surface area contributed by atoms with Gasteiger partial charge in [0.15, 0.2) is 0 Å². The summed E-state index contributed by atoms with van der Waals surface area (Å²) in [7, 11) is 0. The zero-order valence-electron chi connectivity index (χ0n) is 19.0. The first-order valence-electron chi connectivity index (χ1n) is 11.4. The number of amides is 3. The summed E-state index contributed by atoms with van der Waals surface area (Å²) in [6, 6.07) is 17.9. The van der Waals surface area contributed by atoms with Gasteiger partial charge in [-0.25, -0.2) is 0 Å². The molecule has 172 valence electrons. The second kappa shape index (κ2) is 9.10. The molecule has 2 aromatic carbocycles. The number of carbonyl (C=O) groups is 3. The first kappa shape index (κ1) is 22.6. The van der Waals surface area contributed by atoms with Crippen LogP contribution in [0.25, 0.3) is 10.9 Å². The number of likely N-dealkylation sites (tertiary alicyclic amines) is 1. The van der Waals surface area contributed by atoms with Gasteiger partial charge in [0.2, 0.25) is 11.8 Å². The van der Waals surface area contributed by atoms with E-state index in [9.17, 15) is 14.4 Å². The molecule has 7 nitrogen and oxygen atoms in total.